The molecule has 4 aliphatic rings. The zero-order valence-corrected chi connectivity index (χ0v) is 15.6. The fourth-order valence-electron chi connectivity index (χ4n) is 5.56. The van der Waals surface area contributed by atoms with Crippen LogP contribution in [0.3, 0.4) is 0 Å². The van der Waals surface area contributed by atoms with Crippen LogP contribution in [0.1, 0.15) is 62.6 Å². The zero-order valence-electron chi connectivity index (χ0n) is 15.6. The van der Waals surface area contributed by atoms with E-state index in [0.29, 0.717) is 19.3 Å². The van der Waals surface area contributed by atoms with Crippen molar-refractivity contribution in [1.29, 1.82) is 0 Å². The predicted molar refractivity (Wildman–Crippen MR) is 98.6 cm³/mol. The summed E-state index contributed by atoms with van der Waals surface area (Å²) in [6, 6.07) is 6.04. The molecule has 1 aliphatic heterocycles. The minimum absolute atomic E-state index is 0.0766. The molecule has 5 rings (SSSR count). The first kappa shape index (κ1) is 17.4. The first-order chi connectivity index (χ1) is 12.4. The Bertz CT molecular complexity index is 761. The molecule has 3 saturated carbocycles. The van der Waals surface area contributed by atoms with Gasteiger partial charge in [0, 0.05) is 11.5 Å². The highest BCUT2D eigenvalue weighted by molar-refractivity contribution is 5.93. The van der Waals surface area contributed by atoms with Crippen molar-refractivity contribution in [3.63, 3.8) is 0 Å². The molecule has 0 saturated heterocycles. The number of terminal acetylenes is 1. The normalized spacial score (nSPS) is 34.2. The number of benzene rings is 1. The van der Waals surface area contributed by atoms with E-state index in [1.165, 1.54) is 5.56 Å². The van der Waals surface area contributed by atoms with E-state index in [1.807, 2.05) is 11.0 Å². The molecule has 1 aromatic carbocycles. The van der Waals surface area contributed by atoms with Crippen molar-refractivity contribution in [2.45, 2.75) is 69.6 Å². The minimum atomic E-state index is -1.01. The number of hydrogen-bond donors (Lipinski definition) is 0. The molecular formula is C22H26FNO2. The van der Waals surface area contributed by atoms with Gasteiger partial charge in [0.2, 0.25) is 0 Å². The molecule has 2 bridgehead atoms. The number of methoxy groups -OCH3 is 1. The van der Waals surface area contributed by atoms with E-state index in [0.717, 1.165) is 37.0 Å². The third-order valence-electron chi connectivity index (χ3n) is 6.61. The lowest BCUT2D eigenvalue weighted by molar-refractivity contribution is -0.251. The van der Waals surface area contributed by atoms with Gasteiger partial charge in [0.1, 0.15) is 11.4 Å². The SMILES string of the molecule is C#CC(=O)N1[C@@H](CCCC)Cc2cc(OC)ccc2[C@@H]1C12CC(F)(C1)C2. The van der Waals surface area contributed by atoms with E-state index in [4.69, 9.17) is 11.2 Å². The lowest BCUT2D eigenvalue weighted by Gasteiger charge is -2.71. The third kappa shape index (κ3) is 2.44. The Hall–Kier alpha value is -2.02. The van der Waals surface area contributed by atoms with E-state index < -0.39 is 5.67 Å². The number of hydrogen-bond acceptors (Lipinski definition) is 2. The number of carbonyl (C=O) groups excluding carboxylic acids is 1. The maximum Gasteiger partial charge on any atom is 0.299 e. The van der Waals surface area contributed by atoms with Crippen molar-refractivity contribution in [3.05, 3.63) is 29.3 Å². The number of alkyl halides is 1. The first-order valence-corrected chi connectivity index (χ1v) is 9.60. The molecule has 2 atom stereocenters. The molecule has 138 valence electrons. The van der Waals surface area contributed by atoms with E-state index in [9.17, 15) is 9.18 Å². The third-order valence-corrected chi connectivity index (χ3v) is 6.61. The summed E-state index contributed by atoms with van der Waals surface area (Å²) in [6.45, 7) is 2.15. The van der Waals surface area contributed by atoms with Gasteiger partial charge in [0.25, 0.3) is 5.91 Å². The molecule has 3 nitrogen and oxygen atoms in total. The second kappa shape index (κ2) is 6.01. The van der Waals surface area contributed by atoms with Crippen LogP contribution in [0, 0.1) is 17.8 Å². The fraction of sp³-hybridized carbons (Fsp3) is 0.591. The van der Waals surface area contributed by atoms with Crippen molar-refractivity contribution in [2.24, 2.45) is 5.41 Å². The highest BCUT2D eigenvalue weighted by Gasteiger charge is 2.73. The number of fused-ring (bicyclic) bond motifs is 1. The van der Waals surface area contributed by atoms with Crippen LogP contribution in [0.4, 0.5) is 4.39 Å². The lowest BCUT2D eigenvalue weighted by Crippen LogP contribution is -2.70. The Labute approximate surface area is 154 Å². The molecular weight excluding hydrogens is 329 g/mol. The Balaban J connectivity index is 1.78. The standard InChI is InChI=1S/C22H26FNO2/c1-4-6-7-16-10-15-11-17(26-3)8-9-18(15)20(24(16)19(25)5-2)21-12-22(23,13-21)14-21/h2,8-9,11,16,20H,4,6-7,10,12-14H2,1,3H3/t16-,20+,21?,22?/m0/s1. The average molecular weight is 355 g/mol. The number of rotatable bonds is 5. The van der Waals surface area contributed by atoms with Crippen molar-refractivity contribution in [3.8, 4) is 18.1 Å². The van der Waals surface area contributed by atoms with Crippen LogP contribution in [0.5, 0.6) is 5.75 Å². The van der Waals surface area contributed by atoms with Crippen LogP contribution in [-0.2, 0) is 11.2 Å². The summed E-state index contributed by atoms with van der Waals surface area (Å²) in [5, 5.41) is 0. The number of unbranched alkanes of at least 4 members (excludes halogenated alkanes) is 1. The second-order valence-corrected chi connectivity index (χ2v) is 8.37. The van der Waals surface area contributed by atoms with Gasteiger partial charge in [0.15, 0.2) is 0 Å². The monoisotopic (exact) mass is 355 g/mol. The fourth-order valence-corrected chi connectivity index (χ4v) is 5.56. The summed E-state index contributed by atoms with van der Waals surface area (Å²) < 4.78 is 19.7. The number of carbonyl (C=O) groups is 1. The van der Waals surface area contributed by atoms with Gasteiger partial charge in [-0.25, -0.2) is 4.39 Å². The molecule has 0 spiro atoms. The van der Waals surface area contributed by atoms with Gasteiger partial charge >= 0.3 is 0 Å². The molecule has 3 fully saturated rings. The van der Waals surface area contributed by atoms with Crippen LogP contribution >= 0.6 is 0 Å². The van der Waals surface area contributed by atoms with Gasteiger partial charge in [-0.05, 0) is 61.3 Å². The lowest BCUT2D eigenvalue weighted by atomic mass is 9.38. The summed E-state index contributed by atoms with van der Waals surface area (Å²) in [6.07, 6.45) is 11.0. The van der Waals surface area contributed by atoms with Crippen LogP contribution in [0.15, 0.2) is 18.2 Å². The summed E-state index contributed by atoms with van der Waals surface area (Å²) in [4.78, 5) is 14.7. The largest absolute Gasteiger partial charge is 0.497 e. The quantitative estimate of drug-likeness (QED) is 0.741. The first-order valence-electron chi connectivity index (χ1n) is 9.60. The minimum Gasteiger partial charge on any atom is -0.497 e. The molecule has 3 aliphatic carbocycles. The topological polar surface area (TPSA) is 29.5 Å². The Kier molecular flexibility index (Phi) is 4.02. The predicted octanol–water partition coefficient (Wildman–Crippen LogP) is 4.21. The molecule has 0 unspecified atom stereocenters. The van der Waals surface area contributed by atoms with Crippen LogP contribution in [0.25, 0.3) is 0 Å². The highest BCUT2D eigenvalue weighted by atomic mass is 19.1. The zero-order chi connectivity index (χ0) is 18.5. The van der Waals surface area contributed by atoms with E-state index in [-0.39, 0.29) is 23.4 Å². The van der Waals surface area contributed by atoms with Crippen LogP contribution in [-0.4, -0.2) is 29.6 Å². The average Bonchev–Trinajstić information content (AvgIpc) is 2.60. The molecule has 26 heavy (non-hydrogen) atoms. The Morgan fingerprint density at radius 3 is 2.73 bits per heavy atom. The summed E-state index contributed by atoms with van der Waals surface area (Å²) in [5.74, 6) is 2.91. The summed E-state index contributed by atoms with van der Waals surface area (Å²) in [7, 11) is 1.67. The molecule has 0 aromatic heterocycles. The Morgan fingerprint density at radius 2 is 2.15 bits per heavy atom. The highest BCUT2D eigenvalue weighted by Crippen LogP contribution is 2.75. The number of nitrogens with zero attached hydrogens (tertiary/aromatic N) is 1. The van der Waals surface area contributed by atoms with Gasteiger partial charge in [-0.2, -0.15) is 0 Å². The number of ether oxygens (including phenoxy) is 1. The van der Waals surface area contributed by atoms with Gasteiger partial charge in [-0.1, -0.05) is 25.8 Å². The van der Waals surface area contributed by atoms with Gasteiger partial charge in [0.05, 0.1) is 13.2 Å². The maximum atomic E-state index is 14.3. The second-order valence-electron chi connectivity index (χ2n) is 8.37. The summed E-state index contributed by atoms with van der Waals surface area (Å²) >= 11 is 0. The van der Waals surface area contributed by atoms with Gasteiger partial charge in [-0.15, -0.1) is 6.42 Å². The molecule has 0 radical (unpaired) electrons. The molecule has 4 heteroatoms. The molecule has 1 heterocycles. The smallest absolute Gasteiger partial charge is 0.299 e. The molecule has 1 aromatic rings. The van der Waals surface area contributed by atoms with Crippen LogP contribution in [0.2, 0.25) is 0 Å². The van der Waals surface area contributed by atoms with Crippen LogP contribution < -0.4 is 4.74 Å². The van der Waals surface area contributed by atoms with Crippen molar-refractivity contribution in [1.82, 2.24) is 4.90 Å². The number of amides is 1. The Morgan fingerprint density at radius 1 is 1.42 bits per heavy atom. The molecule has 0 N–H and O–H groups in total. The van der Waals surface area contributed by atoms with Gasteiger partial charge < -0.3 is 9.64 Å². The van der Waals surface area contributed by atoms with Crippen molar-refractivity contribution < 1.29 is 13.9 Å². The van der Waals surface area contributed by atoms with E-state index >= 15 is 0 Å². The summed E-state index contributed by atoms with van der Waals surface area (Å²) in [5.41, 5.74) is 1.20. The van der Waals surface area contributed by atoms with Crippen molar-refractivity contribution in [2.75, 3.05) is 7.11 Å². The maximum absolute atomic E-state index is 14.3. The van der Waals surface area contributed by atoms with Crippen molar-refractivity contribution >= 4 is 5.91 Å². The number of halogens is 1. The van der Waals surface area contributed by atoms with E-state index in [2.05, 4.69) is 25.0 Å². The van der Waals surface area contributed by atoms with Gasteiger partial charge in [-0.3, -0.25) is 4.79 Å². The molecule has 1 amide bonds. The van der Waals surface area contributed by atoms with E-state index in [1.54, 1.807) is 7.11 Å².